The second-order valence-electron chi connectivity index (χ2n) is 7.69. The predicted octanol–water partition coefficient (Wildman–Crippen LogP) is 2.69. The minimum atomic E-state index is -3.71. The van der Waals surface area contributed by atoms with Crippen LogP contribution in [0.4, 0.5) is 11.4 Å². The molecule has 0 aromatic heterocycles. The maximum Gasteiger partial charge on any atom is 0.293 e. The second-order valence-corrected chi connectivity index (χ2v) is 9.63. The molecule has 0 aliphatic carbocycles. The monoisotopic (exact) mass is 410 g/mol. The highest BCUT2D eigenvalue weighted by atomic mass is 32.2. The van der Waals surface area contributed by atoms with Crippen molar-refractivity contribution in [1.29, 1.82) is 0 Å². The van der Waals surface area contributed by atoms with Crippen LogP contribution in [0, 0.1) is 10.1 Å². The highest BCUT2D eigenvalue weighted by Crippen LogP contribution is 2.34. The molecule has 8 nitrogen and oxygen atoms in total. The number of anilines is 1. The van der Waals surface area contributed by atoms with E-state index in [4.69, 9.17) is 0 Å². The lowest BCUT2D eigenvalue weighted by atomic mass is 10.2. The molecule has 2 saturated heterocycles. The van der Waals surface area contributed by atoms with Crippen LogP contribution >= 0.6 is 0 Å². The van der Waals surface area contributed by atoms with Gasteiger partial charge in [0.25, 0.3) is 5.69 Å². The van der Waals surface area contributed by atoms with E-state index in [0.29, 0.717) is 31.4 Å². The van der Waals surface area contributed by atoms with Crippen molar-refractivity contribution in [3.05, 3.63) is 28.3 Å². The lowest BCUT2D eigenvalue weighted by Gasteiger charge is -2.24. The minimum Gasteiger partial charge on any atom is -0.364 e. The number of nitro benzene ring substituents is 1. The molecule has 3 rings (SSSR count). The van der Waals surface area contributed by atoms with Gasteiger partial charge in [0.05, 0.1) is 9.82 Å². The Labute approximate surface area is 167 Å². The SMILES string of the molecule is CCN(C)C1CCN(c2ccc(S(=O)(=O)N3CCCCCC3)cc2[N+](=O)[O-])C1. The van der Waals surface area contributed by atoms with E-state index in [1.807, 2.05) is 4.90 Å². The summed E-state index contributed by atoms with van der Waals surface area (Å²) >= 11 is 0. The van der Waals surface area contributed by atoms with Crippen LogP contribution in [-0.4, -0.2) is 68.4 Å². The van der Waals surface area contributed by atoms with Crippen molar-refractivity contribution in [2.75, 3.05) is 44.7 Å². The van der Waals surface area contributed by atoms with Crippen LogP contribution < -0.4 is 4.90 Å². The van der Waals surface area contributed by atoms with Crippen molar-refractivity contribution in [3.63, 3.8) is 0 Å². The van der Waals surface area contributed by atoms with Crippen molar-refractivity contribution in [3.8, 4) is 0 Å². The molecule has 0 radical (unpaired) electrons. The lowest BCUT2D eigenvalue weighted by Crippen LogP contribution is -2.34. The Kier molecular flexibility index (Phi) is 6.57. The quantitative estimate of drug-likeness (QED) is 0.529. The van der Waals surface area contributed by atoms with E-state index in [1.165, 1.54) is 16.4 Å². The van der Waals surface area contributed by atoms with Crippen LogP contribution in [0.25, 0.3) is 0 Å². The van der Waals surface area contributed by atoms with Crippen LogP contribution in [0.15, 0.2) is 23.1 Å². The summed E-state index contributed by atoms with van der Waals surface area (Å²) in [5.41, 5.74) is 0.377. The zero-order valence-corrected chi connectivity index (χ0v) is 17.5. The zero-order valence-electron chi connectivity index (χ0n) is 16.7. The highest BCUT2D eigenvalue weighted by molar-refractivity contribution is 7.89. The molecule has 1 unspecified atom stereocenters. The number of nitro groups is 1. The maximum atomic E-state index is 13.0. The molecule has 1 atom stereocenters. The normalized spacial score (nSPS) is 21.8. The van der Waals surface area contributed by atoms with Gasteiger partial charge in [-0.2, -0.15) is 4.31 Å². The van der Waals surface area contributed by atoms with E-state index in [1.54, 1.807) is 6.07 Å². The molecule has 156 valence electrons. The van der Waals surface area contributed by atoms with Gasteiger partial charge < -0.3 is 9.80 Å². The van der Waals surface area contributed by atoms with Gasteiger partial charge in [0.1, 0.15) is 5.69 Å². The van der Waals surface area contributed by atoms with E-state index in [2.05, 4.69) is 18.9 Å². The number of rotatable bonds is 6. The molecule has 0 amide bonds. The van der Waals surface area contributed by atoms with Crippen molar-refractivity contribution < 1.29 is 13.3 Å². The number of nitrogens with zero attached hydrogens (tertiary/aromatic N) is 4. The predicted molar refractivity (Wildman–Crippen MR) is 109 cm³/mol. The fourth-order valence-electron chi connectivity index (χ4n) is 4.09. The van der Waals surface area contributed by atoms with Gasteiger partial charge >= 0.3 is 0 Å². The summed E-state index contributed by atoms with van der Waals surface area (Å²) in [5.74, 6) is 0. The molecule has 9 heteroatoms. The third kappa shape index (κ3) is 4.31. The van der Waals surface area contributed by atoms with Gasteiger partial charge in [-0.3, -0.25) is 10.1 Å². The number of likely N-dealkylation sites (N-methyl/N-ethyl adjacent to an activating group) is 1. The second kappa shape index (κ2) is 8.75. The topological polar surface area (TPSA) is 87.0 Å². The summed E-state index contributed by atoms with van der Waals surface area (Å²) in [6.45, 7) is 5.42. The molecule has 2 heterocycles. The first-order valence-electron chi connectivity index (χ1n) is 10.1. The van der Waals surface area contributed by atoms with Crippen LogP contribution in [0.3, 0.4) is 0 Å². The first-order valence-corrected chi connectivity index (χ1v) is 11.5. The Morgan fingerprint density at radius 3 is 2.46 bits per heavy atom. The van der Waals surface area contributed by atoms with E-state index >= 15 is 0 Å². The molecule has 1 aromatic carbocycles. The van der Waals surface area contributed by atoms with Crippen molar-refractivity contribution in [2.45, 2.75) is 50.0 Å². The van der Waals surface area contributed by atoms with E-state index in [9.17, 15) is 18.5 Å². The minimum absolute atomic E-state index is 0.0197. The van der Waals surface area contributed by atoms with Gasteiger partial charge in [0.15, 0.2) is 0 Å². The molecule has 2 fully saturated rings. The highest BCUT2D eigenvalue weighted by Gasteiger charge is 2.32. The van der Waals surface area contributed by atoms with Gasteiger partial charge in [-0.1, -0.05) is 19.8 Å². The van der Waals surface area contributed by atoms with Crippen molar-refractivity contribution in [1.82, 2.24) is 9.21 Å². The largest absolute Gasteiger partial charge is 0.364 e. The molecule has 0 bridgehead atoms. The Bertz CT molecular complexity index is 806. The first-order chi connectivity index (χ1) is 13.3. The Morgan fingerprint density at radius 1 is 1.18 bits per heavy atom. The summed E-state index contributed by atoms with van der Waals surface area (Å²) in [4.78, 5) is 15.5. The van der Waals surface area contributed by atoms with Gasteiger partial charge in [0, 0.05) is 38.3 Å². The lowest BCUT2D eigenvalue weighted by molar-refractivity contribution is -0.384. The summed E-state index contributed by atoms with van der Waals surface area (Å²) in [6, 6.07) is 4.73. The molecule has 2 aliphatic rings. The average Bonchev–Trinajstić information content (AvgIpc) is 3.00. The average molecular weight is 411 g/mol. The third-order valence-corrected chi connectivity index (χ3v) is 7.87. The summed E-state index contributed by atoms with van der Waals surface area (Å²) in [6.07, 6.45) is 4.65. The maximum absolute atomic E-state index is 13.0. The Hall–Kier alpha value is -1.71. The number of benzene rings is 1. The summed E-state index contributed by atoms with van der Waals surface area (Å²) < 4.78 is 27.5. The zero-order chi connectivity index (χ0) is 20.3. The smallest absolute Gasteiger partial charge is 0.293 e. The number of hydrogen-bond donors (Lipinski definition) is 0. The molecular formula is C19H30N4O4S. The van der Waals surface area contributed by atoms with E-state index in [0.717, 1.165) is 45.2 Å². The molecular weight excluding hydrogens is 380 g/mol. The van der Waals surface area contributed by atoms with Gasteiger partial charge in [0.2, 0.25) is 10.0 Å². The van der Waals surface area contributed by atoms with E-state index in [-0.39, 0.29) is 10.6 Å². The van der Waals surface area contributed by atoms with Crippen LogP contribution in [0.1, 0.15) is 39.0 Å². The van der Waals surface area contributed by atoms with Gasteiger partial charge in [-0.15, -0.1) is 0 Å². The molecule has 1 aromatic rings. The molecule has 28 heavy (non-hydrogen) atoms. The van der Waals surface area contributed by atoms with Gasteiger partial charge in [-0.05, 0) is 45.0 Å². The van der Waals surface area contributed by atoms with Crippen molar-refractivity contribution in [2.24, 2.45) is 0 Å². The van der Waals surface area contributed by atoms with Crippen LogP contribution in [-0.2, 0) is 10.0 Å². The molecule has 2 aliphatic heterocycles. The summed E-state index contributed by atoms with van der Waals surface area (Å²) in [7, 11) is -1.65. The molecule has 0 saturated carbocycles. The fourth-order valence-corrected chi connectivity index (χ4v) is 5.62. The van der Waals surface area contributed by atoms with Crippen molar-refractivity contribution >= 4 is 21.4 Å². The molecule has 0 N–H and O–H groups in total. The Morgan fingerprint density at radius 2 is 1.86 bits per heavy atom. The number of hydrogen-bond acceptors (Lipinski definition) is 6. The van der Waals surface area contributed by atoms with Gasteiger partial charge in [-0.25, -0.2) is 8.42 Å². The fraction of sp³-hybridized carbons (Fsp3) is 0.684. The van der Waals surface area contributed by atoms with Crippen LogP contribution in [0.2, 0.25) is 0 Å². The standard InChI is InChI=1S/C19H30N4O4S/c1-3-20(2)16-10-13-21(15-16)18-9-8-17(14-19(18)23(24)25)28(26,27)22-11-6-4-5-7-12-22/h8-9,14,16H,3-7,10-13,15H2,1-2H3. The summed E-state index contributed by atoms with van der Waals surface area (Å²) in [5, 5.41) is 11.7. The Balaban J connectivity index is 1.88. The van der Waals surface area contributed by atoms with Crippen LogP contribution in [0.5, 0.6) is 0 Å². The third-order valence-electron chi connectivity index (χ3n) is 5.97. The number of sulfonamides is 1. The van der Waals surface area contributed by atoms with E-state index < -0.39 is 14.9 Å². The first kappa shape index (κ1) is 21.0. The molecule has 0 spiro atoms.